The van der Waals surface area contributed by atoms with Crippen LogP contribution in [0.25, 0.3) is 99.5 Å². The Labute approximate surface area is 432 Å². The molecule has 0 aliphatic heterocycles. The van der Waals surface area contributed by atoms with Gasteiger partial charge in [0.2, 0.25) is 0 Å². The number of aryl methyl sites for hydroxylation is 2. The predicted octanol–water partition coefficient (Wildman–Crippen LogP) is 19.8. The third-order valence-corrected chi connectivity index (χ3v) is 17.4. The summed E-state index contributed by atoms with van der Waals surface area (Å²) in [7, 11) is 0. The molecule has 2 heterocycles. The molecule has 0 radical (unpaired) electrons. The lowest BCUT2D eigenvalue weighted by molar-refractivity contribution is 0.600. The van der Waals surface area contributed by atoms with E-state index in [2.05, 4.69) is 248 Å². The fraction of sp³-hybridized carbons (Fsp3) is 0.155. The van der Waals surface area contributed by atoms with Gasteiger partial charge in [-0.05, 0) is 157 Å². The van der Waals surface area contributed by atoms with E-state index >= 15 is 0 Å². The van der Waals surface area contributed by atoms with Gasteiger partial charge in [0, 0.05) is 66.0 Å². The topological polar surface area (TPSA) is 29.5 Å². The van der Waals surface area contributed by atoms with Gasteiger partial charge in [0.25, 0.3) is 0 Å². The standard InChI is InChI=1S/C71H55NO2/c1-40-34-41(2)36-45(35-40)72(44-31-33-50-56(38-44)71(7,8)65-61(50)63-52-26-16-19-29-59(52)74-68(63)64-48-24-14-17-27-54(48)70(5,6)66(64)65)43-30-32-49-55(37-43)69(3,4)57-39-53(47-23-13-12-22-46(47)42-20-10-9-11-21-42)67-62(60(49)57)51-25-15-18-28-58(51)73-67/h9-39H,1-8H3. The largest absolute Gasteiger partial charge is 0.455 e. The van der Waals surface area contributed by atoms with Crippen LogP contribution in [0.1, 0.15) is 86.1 Å². The highest BCUT2D eigenvalue weighted by Crippen LogP contribution is 2.64. The van der Waals surface area contributed by atoms with Crippen molar-refractivity contribution in [3.05, 3.63) is 233 Å². The second kappa shape index (κ2) is 14.9. The van der Waals surface area contributed by atoms with E-state index in [0.717, 1.165) is 50.3 Å². The van der Waals surface area contributed by atoms with Crippen molar-refractivity contribution in [2.75, 3.05) is 4.90 Å². The number of fused-ring (bicyclic) bond motifs is 19. The lowest BCUT2D eigenvalue weighted by atomic mass is 9.72. The summed E-state index contributed by atoms with van der Waals surface area (Å²) < 4.78 is 14.0. The molecule has 0 N–H and O–H groups in total. The summed E-state index contributed by atoms with van der Waals surface area (Å²) in [6, 6.07) is 69.7. The molecule has 0 unspecified atom stereocenters. The monoisotopic (exact) mass is 953 g/mol. The van der Waals surface area contributed by atoms with E-state index in [1.165, 1.54) is 111 Å². The maximum atomic E-state index is 7.01. The Bertz CT molecular complexity index is 4400. The van der Waals surface area contributed by atoms with Crippen molar-refractivity contribution in [3.63, 3.8) is 0 Å². The van der Waals surface area contributed by atoms with Crippen LogP contribution in [0.2, 0.25) is 0 Å². The van der Waals surface area contributed by atoms with Gasteiger partial charge in [0.05, 0.1) is 0 Å². The Morgan fingerprint density at radius 3 is 1.51 bits per heavy atom. The van der Waals surface area contributed by atoms with Gasteiger partial charge in [-0.3, -0.25) is 0 Å². The van der Waals surface area contributed by atoms with Gasteiger partial charge in [0.15, 0.2) is 0 Å². The molecule has 0 atom stereocenters. The number of nitrogens with zero attached hydrogens (tertiary/aromatic N) is 1. The Morgan fingerprint density at radius 1 is 0.338 bits per heavy atom. The molecule has 74 heavy (non-hydrogen) atoms. The van der Waals surface area contributed by atoms with E-state index in [1.807, 2.05) is 0 Å². The Balaban J connectivity index is 0.945. The Hall–Kier alpha value is -8.40. The van der Waals surface area contributed by atoms with Gasteiger partial charge in [-0.25, -0.2) is 0 Å². The van der Waals surface area contributed by atoms with Gasteiger partial charge in [-0.1, -0.05) is 175 Å². The summed E-state index contributed by atoms with van der Waals surface area (Å²) >= 11 is 0. The number of hydrogen-bond donors (Lipinski definition) is 0. The first kappa shape index (κ1) is 43.2. The highest BCUT2D eigenvalue weighted by Gasteiger charge is 2.49. The van der Waals surface area contributed by atoms with E-state index < -0.39 is 0 Å². The summed E-state index contributed by atoms with van der Waals surface area (Å²) in [6.07, 6.45) is 0. The van der Waals surface area contributed by atoms with Crippen LogP contribution in [0.4, 0.5) is 17.1 Å². The van der Waals surface area contributed by atoms with E-state index in [9.17, 15) is 0 Å². The number of furan rings is 2. The number of para-hydroxylation sites is 2. The summed E-state index contributed by atoms with van der Waals surface area (Å²) in [5, 5.41) is 4.71. The van der Waals surface area contributed by atoms with Crippen molar-refractivity contribution < 1.29 is 8.83 Å². The van der Waals surface area contributed by atoms with Crippen molar-refractivity contribution >= 4 is 60.9 Å². The minimum Gasteiger partial charge on any atom is -0.455 e. The van der Waals surface area contributed by atoms with Crippen LogP contribution in [-0.4, -0.2) is 0 Å². The molecule has 0 saturated carbocycles. The molecule has 15 rings (SSSR count). The van der Waals surface area contributed by atoms with Gasteiger partial charge < -0.3 is 13.7 Å². The summed E-state index contributed by atoms with van der Waals surface area (Å²) in [6.45, 7) is 19.0. The average Bonchev–Trinajstić information content (AvgIpc) is 4.15. The van der Waals surface area contributed by atoms with Gasteiger partial charge in [-0.15, -0.1) is 0 Å². The molecule has 3 aliphatic rings. The first-order valence-electron chi connectivity index (χ1n) is 26.2. The second-order valence-electron chi connectivity index (χ2n) is 22.9. The highest BCUT2D eigenvalue weighted by atomic mass is 16.3. The molecule has 356 valence electrons. The van der Waals surface area contributed by atoms with Crippen LogP contribution >= 0.6 is 0 Å². The number of rotatable bonds is 5. The molecule has 2 aromatic heterocycles. The molecule has 12 aromatic rings. The fourth-order valence-electron chi connectivity index (χ4n) is 14.2. The number of hydrogen-bond acceptors (Lipinski definition) is 3. The molecular weight excluding hydrogens is 899 g/mol. The second-order valence-corrected chi connectivity index (χ2v) is 22.9. The van der Waals surface area contributed by atoms with Crippen LogP contribution in [0, 0.1) is 13.8 Å². The number of benzene rings is 10. The quantitative estimate of drug-likeness (QED) is 0.172. The van der Waals surface area contributed by atoms with E-state index in [1.54, 1.807) is 0 Å². The molecule has 0 fully saturated rings. The molecule has 3 aliphatic carbocycles. The summed E-state index contributed by atoms with van der Waals surface area (Å²) in [5.74, 6) is 0. The third-order valence-electron chi connectivity index (χ3n) is 17.4. The zero-order chi connectivity index (χ0) is 50.2. The maximum absolute atomic E-state index is 7.01. The normalized spacial score (nSPS) is 15.1. The lowest BCUT2D eigenvalue weighted by Gasteiger charge is -2.32. The Morgan fingerprint density at radius 2 is 0.838 bits per heavy atom. The first-order valence-corrected chi connectivity index (χ1v) is 26.2. The van der Waals surface area contributed by atoms with E-state index in [4.69, 9.17) is 8.83 Å². The molecule has 0 spiro atoms. The molecule has 3 nitrogen and oxygen atoms in total. The molecule has 0 saturated heterocycles. The van der Waals surface area contributed by atoms with Crippen LogP contribution in [0.3, 0.4) is 0 Å². The van der Waals surface area contributed by atoms with Gasteiger partial charge in [0.1, 0.15) is 22.3 Å². The van der Waals surface area contributed by atoms with E-state index in [0.29, 0.717) is 0 Å². The zero-order valence-corrected chi connectivity index (χ0v) is 43.2. The van der Waals surface area contributed by atoms with Crippen LogP contribution in [0.15, 0.2) is 197 Å². The molecule has 0 amide bonds. The minimum absolute atomic E-state index is 0.231. The third kappa shape index (κ3) is 5.67. The van der Waals surface area contributed by atoms with Crippen LogP contribution in [-0.2, 0) is 16.2 Å². The average molecular weight is 954 g/mol. The van der Waals surface area contributed by atoms with E-state index in [-0.39, 0.29) is 16.2 Å². The molecule has 3 heteroatoms. The van der Waals surface area contributed by atoms with Crippen molar-refractivity contribution in [2.24, 2.45) is 0 Å². The zero-order valence-electron chi connectivity index (χ0n) is 43.2. The predicted molar refractivity (Wildman–Crippen MR) is 309 cm³/mol. The molecular formula is C71H55NO2. The highest BCUT2D eigenvalue weighted by molar-refractivity contribution is 6.22. The molecule has 0 bridgehead atoms. The minimum atomic E-state index is -0.344. The first-order chi connectivity index (χ1) is 35.8. The molecule has 10 aromatic carbocycles. The lowest BCUT2D eigenvalue weighted by Crippen LogP contribution is -2.24. The summed E-state index contributed by atoms with van der Waals surface area (Å²) in [4.78, 5) is 2.51. The van der Waals surface area contributed by atoms with Crippen molar-refractivity contribution in [1.82, 2.24) is 0 Å². The SMILES string of the molecule is Cc1cc(C)cc(N(c2ccc3c(c2)C(C)(C)c2cc(-c4ccccc4-c4ccccc4)c4oc5ccccc5c4c2-3)c2ccc3c(c2)C(C)(C)c2c4c(c5oc6ccccc6c5c2-3)-c2ccccc2C4(C)C)c1. The van der Waals surface area contributed by atoms with Crippen LogP contribution < -0.4 is 4.90 Å². The van der Waals surface area contributed by atoms with Gasteiger partial charge in [-0.2, -0.15) is 0 Å². The van der Waals surface area contributed by atoms with Crippen molar-refractivity contribution in [2.45, 2.75) is 71.6 Å². The Kier molecular flexibility index (Phi) is 8.68. The maximum Gasteiger partial charge on any atom is 0.144 e. The van der Waals surface area contributed by atoms with Crippen molar-refractivity contribution in [1.29, 1.82) is 0 Å². The fourth-order valence-corrected chi connectivity index (χ4v) is 14.2. The summed E-state index contributed by atoms with van der Waals surface area (Å²) in [5.41, 5.74) is 29.2. The van der Waals surface area contributed by atoms with Crippen LogP contribution in [0.5, 0.6) is 0 Å². The van der Waals surface area contributed by atoms with Gasteiger partial charge >= 0.3 is 0 Å². The number of anilines is 3. The smallest absolute Gasteiger partial charge is 0.144 e. The van der Waals surface area contributed by atoms with Crippen molar-refractivity contribution in [3.8, 4) is 55.6 Å².